The molecule has 1 saturated heterocycles. The van der Waals surface area contributed by atoms with Crippen LogP contribution in [0.1, 0.15) is 22.8 Å². The number of methoxy groups -OCH3 is 1. The number of hydrogen-bond donors (Lipinski definition) is 3. The van der Waals surface area contributed by atoms with Gasteiger partial charge in [-0.25, -0.2) is 23.2 Å². The summed E-state index contributed by atoms with van der Waals surface area (Å²) in [6, 6.07) is 10.3. The number of alkyl halides is 2. The predicted molar refractivity (Wildman–Crippen MR) is 150 cm³/mol. The van der Waals surface area contributed by atoms with Gasteiger partial charge in [0.1, 0.15) is 11.4 Å². The first-order valence-electron chi connectivity index (χ1n) is 13.3. The van der Waals surface area contributed by atoms with E-state index in [1.807, 2.05) is 30.3 Å². The molecule has 2 aromatic heterocycles. The lowest BCUT2D eigenvalue weighted by Crippen LogP contribution is -2.42. The van der Waals surface area contributed by atoms with E-state index in [0.717, 1.165) is 13.1 Å². The fourth-order valence-corrected chi connectivity index (χ4v) is 4.78. The Morgan fingerprint density at radius 1 is 1.20 bits per heavy atom. The topological polar surface area (TPSA) is 123 Å². The highest BCUT2D eigenvalue weighted by atomic mass is 19.3. The van der Waals surface area contributed by atoms with E-state index in [-0.39, 0.29) is 29.4 Å². The van der Waals surface area contributed by atoms with E-state index in [1.54, 1.807) is 18.7 Å². The monoisotopic (exact) mass is 571 g/mol. The number of rotatable bonds is 11. The van der Waals surface area contributed by atoms with Gasteiger partial charge in [-0.2, -0.15) is 5.10 Å². The molecule has 3 N–H and O–H groups in total. The third-order valence-electron chi connectivity index (χ3n) is 6.91. The van der Waals surface area contributed by atoms with Crippen LogP contribution in [-0.4, -0.2) is 91.1 Å². The van der Waals surface area contributed by atoms with E-state index >= 15 is 0 Å². The van der Waals surface area contributed by atoms with Gasteiger partial charge in [-0.15, -0.1) is 0 Å². The third-order valence-corrected chi connectivity index (χ3v) is 6.91. The zero-order chi connectivity index (χ0) is 29.5. The highest BCUT2D eigenvalue weighted by Gasteiger charge is 2.31. The maximum Gasteiger partial charge on any atom is 0.320 e. The van der Waals surface area contributed by atoms with Gasteiger partial charge in [-0.3, -0.25) is 15.0 Å². The summed E-state index contributed by atoms with van der Waals surface area (Å²) < 4.78 is 37.4. The molecule has 1 fully saturated rings. The zero-order valence-electron chi connectivity index (χ0n) is 23.5. The van der Waals surface area contributed by atoms with Crippen LogP contribution in [0.3, 0.4) is 0 Å². The molecule has 13 heteroatoms. The van der Waals surface area contributed by atoms with Crippen molar-refractivity contribution in [2.75, 3.05) is 52.3 Å². The first kappa shape index (κ1) is 29.9. The predicted octanol–water partition coefficient (Wildman–Crippen LogP) is 3.33. The van der Waals surface area contributed by atoms with Gasteiger partial charge in [0.2, 0.25) is 5.88 Å². The Bertz CT molecular complexity index is 1350. The van der Waals surface area contributed by atoms with Gasteiger partial charge < -0.3 is 20.1 Å². The van der Waals surface area contributed by atoms with Crippen molar-refractivity contribution in [2.45, 2.75) is 26.3 Å². The molecule has 0 aliphatic carbocycles. The molecule has 1 aromatic carbocycles. The Morgan fingerprint density at radius 3 is 2.63 bits per heavy atom. The number of hydrogen-bond acceptors (Lipinski definition) is 7. The fourth-order valence-electron chi connectivity index (χ4n) is 4.78. The van der Waals surface area contributed by atoms with Gasteiger partial charge in [0.15, 0.2) is 6.61 Å². The van der Waals surface area contributed by atoms with Crippen molar-refractivity contribution in [1.82, 2.24) is 30.3 Å². The van der Waals surface area contributed by atoms with E-state index in [9.17, 15) is 18.4 Å². The van der Waals surface area contributed by atoms with Crippen molar-refractivity contribution >= 4 is 17.8 Å². The highest BCUT2D eigenvalue weighted by molar-refractivity contribution is 5.97. The van der Waals surface area contributed by atoms with Gasteiger partial charge in [0.25, 0.3) is 12.3 Å². The molecule has 0 spiro atoms. The summed E-state index contributed by atoms with van der Waals surface area (Å²) in [6.45, 7) is 5.99. The van der Waals surface area contributed by atoms with Crippen LogP contribution in [0.5, 0.6) is 5.88 Å². The normalized spacial score (nSPS) is 17.0. The largest absolute Gasteiger partial charge is 0.471 e. The Kier molecular flexibility index (Phi) is 9.84. The Morgan fingerprint density at radius 2 is 1.95 bits per heavy atom. The van der Waals surface area contributed by atoms with Crippen LogP contribution in [-0.2, 0) is 4.74 Å². The van der Waals surface area contributed by atoms with Crippen LogP contribution in [0.2, 0.25) is 0 Å². The van der Waals surface area contributed by atoms with Crippen LogP contribution < -0.4 is 20.7 Å². The minimum atomic E-state index is -2.72. The maximum atomic E-state index is 13.2. The van der Waals surface area contributed by atoms with Crippen LogP contribution in [0.4, 0.5) is 19.4 Å². The molecule has 41 heavy (non-hydrogen) atoms. The number of nitrogens with one attached hydrogen (secondary N) is 3. The smallest absolute Gasteiger partial charge is 0.320 e. The Labute approximate surface area is 237 Å². The molecule has 4 rings (SSSR count). The average molecular weight is 572 g/mol. The van der Waals surface area contributed by atoms with Crippen molar-refractivity contribution in [3.63, 3.8) is 0 Å². The lowest BCUT2D eigenvalue weighted by molar-refractivity contribution is 0.0774. The van der Waals surface area contributed by atoms with Crippen LogP contribution in [0.25, 0.3) is 16.9 Å². The zero-order valence-corrected chi connectivity index (χ0v) is 23.5. The number of amides is 3. The number of para-hydroxylation sites is 1. The summed E-state index contributed by atoms with van der Waals surface area (Å²) in [5.41, 5.74) is 2.20. The highest BCUT2D eigenvalue weighted by Crippen LogP contribution is 2.32. The van der Waals surface area contributed by atoms with Gasteiger partial charge in [0.05, 0.1) is 18.0 Å². The molecule has 0 radical (unpaired) electrons. The molecule has 2 atom stereocenters. The van der Waals surface area contributed by atoms with E-state index in [1.165, 1.54) is 19.3 Å². The number of carbonyl (C=O) groups is 2. The quantitative estimate of drug-likeness (QED) is 0.323. The molecule has 11 nitrogen and oxygen atoms in total. The van der Waals surface area contributed by atoms with Crippen molar-refractivity contribution in [2.24, 2.45) is 5.92 Å². The van der Waals surface area contributed by atoms with Crippen LogP contribution in [0.15, 0.2) is 42.6 Å². The molecule has 0 unspecified atom stereocenters. The first-order chi connectivity index (χ1) is 19.7. The minimum Gasteiger partial charge on any atom is -0.471 e. The Hall–Kier alpha value is -4.10. The number of nitrogens with zero attached hydrogens (tertiary/aromatic N) is 4. The lowest BCUT2D eigenvalue weighted by Gasteiger charge is -2.18. The molecule has 3 aromatic rings. The second-order valence-electron chi connectivity index (χ2n) is 9.86. The molecule has 220 valence electrons. The summed E-state index contributed by atoms with van der Waals surface area (Å²) in [5.74, 6) is -0.0679. The van der Waals surface area contributed by atoms with Crippen molar-refractivity contribution in [3.05, 3.63) is 53.7 Å². The molecule has 1 aliphatic rings. The number of aromatic nitrogens is 3. The van der Waals surface area contributed by atoms with E-state index < -0.39 is 18.9 Å². The van der Waals surface area contributed by atoms with Crippen molar-refractivity contribution < 1.29 is 27.8 Å². The van der Waals surface area contributed by atoms with Gasteiger partial charge in [0, 0.05) is 57.2 Å². The molecular weight excluding hydrogens is 536 g/mol. The van der Waals surface area contributed by atoms with Crippen LogP contribution >= 0.6 is 0 Å². The second kappa shape index (κ2) is 13.5. The van der Waals surface area contributed by atoms with Crippen LogP contribution in [0, 0.1) is 12.8 Å². The van der Waals surface area contributed by atoms with Crippen molar-refractivity contribution in [1.29, 1.82) is 0 Å². The lowest BCUT2D eigenvalue weighted by atomic mass is 10.1. The molecule has 0 bridgehead atoms. The fraction of sp³-hybridized carbons (Fsp3) is 0.429. The molecule has 0 saturated carbocycles. The molecule has 3 amide bonds. The maximum absolute atomic E-state index is 13.2. The standard InChI is InChI=1S/C28H35F2N7O4/c1-17-14-36(10-11-40-4)15-22(17)33-28(39)34-25-18(2)24(35-37(25)20-8-6-5-7-9-20)19-12-21(26(38)31-3)27(32-13-19)41-16-23(29)30/h5-9,12-13,17,22-23H,10-11,14-16H2,1-4H3,(H,31,38)(H2,33,34,39)/t17-,22-/m1/s1. The average Bonchev–Trinajstić information content (AvgIpc) is 3.48. The number of pyridine rings is 1. The summed E-state index contributed by atoms with van der Waals surface area (Å²) in [5, 5.41) is 13.3. The van der Waals surface area contributed by atoms with Crippen molar-refractivity contribution in [3.8, 4) is 22.8 Å². The SMILES string of the molecule is CNC(=O)c1cc(-c2nn(-c3ccccc3)c(NC(=O)N[C@@H]3CN(CCOC)C[C@H]3C)c2C)cnc1OCC(F)F. The molecular formula is C28H35F2N7O4. The number of ether oxygens (including phenoxy) is 2. The second-order valence-corrected chi connectivity index (χ2v) is 9.86. The Balaban J connectivity index is 1.65. The third kappa shape index (κ3) is 7.16. The number of carbonyl (C=O) groups excluding carboxylic acids is 2. The van der Waals surface area contributed by atoms with Gasteiger partial charge >= 0.3 is 6.03 Å². The number of benzene rings is 1. The summed E-state index contributed by atoms with van der Waals surface area (Å²) >= 11 is 0. The number of anilines is 1. The minimum absolute atomic E-state index is 0.0141. The summed E-state index contributed by atoms with van der Waals surface area (Å²) in [7, 11) is 3.09. The number of urea groups is 1. The first-order valence-corrected chi connectivity index (χ1v) is 13.3. The van der Waals surface area contributed by atoms with Gasteiger partial charge in [-0.1, -0.05) is 25.1 Å². The summed E-state index contributed by atoms with van der Waals surface area (Å²) in [6.07, 6.45) is -1.32. The van der Waals surface area contributed by atoms with E-state index in [0.29, 0.717) is 41.5 Å². The van der Waals surface area contributed by atoms with E-state index in [4.69, 9.17) is 14.6 Å². The summed E-state index contributed by atoms with van der Waals surface area (Å²) in [4.78, 5) is 32.1. The molecule has 3 heterocycles. The van der Waals surface area contributed by atoms with Gasteiger partial charge in [-0.05, 0) is 31.0 Å². The molecule has 1 aliphatic heterocycles. The number of likely N-dealkylation sites (tertiary alicyclic amines) is 1. The number of halogens is 2. The van der Waals surface area contributed by atoms with E-state index in [2.05, 4.69) is 32.8 Å².